The number of carbonyl (C=O) groups is 1. The maximum Gasteiger partial charge on any atom is 0.234 e. The molecule has 0 spiro atoms. The summed E-state index contributed by atoms with van der Waals surface area (Å²) in [5.74, 6) is 0.638. The quantitative estimate of drug-likeness (QED) is 0.734. The molecule has 0 bridgehead atoms. The molecule has 0 saturated carbocycles. The summed E-state index contributed by atoms with van der Waals surface area (Å²) >= 11 is 0. The molecule has 0 rings (SSSR count). The van der Waals surface area contributed by atoms with Gasteiger partial charge in [-0.2, -0.15) is 0 Å². The number of amides is 1. The average Bonchev–Trinajstić information content (AvgIpc) is 2.01. The first-order valence-electron chi connectivity index (χ1n) is 5.80. The smallest absolute Gasteiger partial charge is 0.234 e. The highest BCUT2D eigenvalue weighted by Gasteiger charge is 2.15. The van der Waals surface area contributed by atoms with Crippen LogP contribution in [0.15, 0.2) is 0 Å². The summed E-state index contributed by atoms with van der Waals surface area (Å²) in [7, 11) is 0. The zero-order valence-electron chi connectivity index (χ0n) is 11.0. The standard InChI is InChI=1S/C12H26N2O/c1-7-10(9(2)3)13-8-11(15)14-12(4,5)6/h9-10,13H,7-8H2,1-6H3,(H,14,15). The van der Waals surface area contributed by atoms with Gasteiger partial charge in [0.25, 0.3) is 0 Å². The van der Waals surface area contributed by atoms with Crippen LogP contribution >= 0.6 is 0 Å². The lowest BCUT2D eigenvalue weighted by Crippen LogP contribution is -2.47. The highest BCUT2D eigenvalue weighted by atomic mass is 16.2. The van der Waals surface area contributed by atoms with E-state index in [-0.39, 0.29) is 11.4 Å². The fraction of sp³-hybridized carbons (Fsp3) is 0.917. The lowest BCUT2D eigenvalue weighted by Gasteiger charge is -2.24. The van der Waals surface area contributed by atoms with Gasteiger partial charge in [0.05, 0.1) is 6.54 Å². The molecular formula is C12H26N2O. The molecule has 1 atom stereocenters. The van der Waals surface area contributed by atoms with Crippen molar-refractivity contribution in [1.29, 1.82) is 0 Å². The summed E-state index contributed by atoms with van der Waals surface area (Å²) in [5.41, 5.74) is -0.141. The van der Waals surface area contributed by atoms with E-state index in [1.807, 2.05) is 20.8 Å². The first-order valence-corrected chi connectivity index (χ1v) is 5.80. The predicted molar refractivity (Wildman–Crippen MR) is 64.8 cm³/mol. The third-order valence-corrected chi connectivity index (χ3v) is 2.28. The van der Waals surface area contributed by atoms with Gasteiger partial charge < -0.3 is 10.6 Å². The topological polar surface area (TPSA) is 41.1 Å². The molecule has 0 aromatic rings. The van der Waals surface area contributed by atoms with Crippen LogP contribution in [0.1, 0.15) is 48.0 Å². The minimum atomic E-state index is -0.141. The Morgan fingerprint density at radius 1 is 1.27 bits per heavy atom. The molecule has 0 aliphatic heterocycles. The van der Waals surface area contributed by atoms with Gasteiger partial charge in [0.15, 0.2) is 0 Å². The van der Waals surface area contributed by atoms with Crippen molar-refractivity contribution >= 4 is 5.91 Å². The first-order chi connectivity index (χ1) is 6.76. The normalized spacial score (nSPS) is 14.1. The molecule has 0 aliphatic carbocycles. The SMILES string of the molecule is CCC(NCC(=O)NC(C)(C)C)C(C)C. The van der Waals surface area contributed by atoms with E-state index in [1.54, 1.807) is 0 Å². The van der Waals surface area contributed by atoms with Crippen LogP contribution in [-0.4, -0.2) is 24.0 Å². The second kappa shape index (κ2) is 6.11. The van der Waals surface area contributed by atoms with Gasteiger partial charge in [0.1, 0.15) is 0 Å². The van der Waals surface area contributed by atoms with E-state index >= 15 is 0 Å². The monoisotopic (exact) mass is 214 g/mol. The summed E-state index contributed by atoms with van der Waals surface area (Å²) in [4.78, 5) is 11.5. The Morgan fingerprint density at radius 3 is 2.13 bits per heavy atom. The molecule has 0 aliphatic rings. The van der Waals surface area contributed by atoms with Crippen LogP contribution in [0.25, 0.3) is 0 Å². The van der Waals surface area contributed by atoms with E-state index in [0.29, 0.717) is 18.5 Å². The fourth-order valence-corrected chi connectivity index (χ4v) is 1.54. The zero-order valence-corrected chi connectivity index (χ0v) is 11.0. The maximum atomic E-state index is 11.5. The lowest BCUT2D eigenvalue weighted by atomic mass is 10.0. The second-order valence-corrected chi connectivity index (χ2v) is 5.44. The Kier molecular flexibility index (Phi) is 5.88. The third-order valence-electron chi connectivity index (χ3n) is 2.28. The molecule has 90 valence electrons. The van der Waals surface area contributed by atoms with Crippen LogP contribution in [0.5, 0.6) is 0 Å². The van der Waals surface area contributed by atoms with Crippen molar-refractivity contribution in [2.24, 2.45) is 5.92 Å². The minimum Gasteiger partial charge on any atom is -0.350 e. The van der Waals surface area contributed by atoms with Crippen molar-refractivity contribution < 1.29 is 4.79 Å². The molecule has 0 aromatic carbocycles. The highest BCUT2D eigenvalue weighted by molar-refractivity contribution is 5.78. The fourth-order valence-electron chi connectivity index (χ4n) is 1.54. The lowest BCUT2D eigenvalue weighted by molar-refractivity contribution is -0.121. The van der Waals surface area contributed by atoms with E-state index < -0.39 is 0 Å². The Labute approximate surface area is 94.0 Å². The number of carbonyl (C=O) groups excluding carboxylic acids is 1. The molecule has 3 nitrogen and oxygen atoms in total. The summed E-state index contributed by atoms with van der Waals surface area (Å²) in [6.45, 7) is 12.9. The van der Waals surface area contributed by atoms with Crippen molar-refractivity contribution in [3.8, 4) is 0 Å². The number of nitrogens with one attached hydrogen (secondary N) is 2. The van der Waals surface area contributed by atoms with Crippen LogP contribution in [0, 0.1) is 5.92 Å². The van der Waals surface area contributed by atoms with Gasteiger partial charge in [-0.05, 0) is 33.1 Å². The Morgan fingerprint density at radius 2 is 1.80 bits per heavy atom. The molecule has 3 heteroatoms. The van der Waals surface area contributed by atoms with Crippen molar-refractivity contribution in [2.75, 3.05) is 6.54 Å². The summed E-state index contributed by atoms with van der Waals surface area (Å²) in [6.07, 6.45) is 1.06. The van der Waals surface area contributed by atoms with E-state index in [2.05, 4.69) is 31.4 Å². The maximum absolute atomic E-state index is 11.5. The van der Waals surface area contributed by atoms with E-state index in [9.17, 15) is 4.79 Å². The van der Waals surface area contributed by atoms with Crippen LogP contribution in [-0.2, 0) is 4.79 Å². The highest BCUT2D eigenvalue weighted by Crippen LogP contribution is 2.04. The Balaban J connectivity index is 3.89. The molecule has 2 N–H and O–H groups in total. The van der Waals surface area contributed by atoms with Gasteiger partial charge in [-0.25, -0.2) is 0 Å². The molecule has 15 heavy (non-hydrogen) atoms. The summed E-state index contributed by atoms with van der Waals surface area (Å²) in [5, 5.41) is 6.22. The molecule has 0 saturated heterocycles. The molecule has 0 heterocycles. The Bertz CT molecular complexity index is 194. The van der Waals surface area contributed by atoms with Crippen molar-refractivity contribution in [1.82, 2.24) is 10.6 Å². The third kappa shape index (κ3) is 7.37. The van der Waals surface area contributed by atoms with Crippen molar-refractivity contribution in [3.63, 3.8) is 0 Å². The summed E-state index contributed by atoms with van der Waals surface area (Å²) in [6, 6.07) is 0.427. The first kappa shape index (κ1) is 14.4. The van der Waals surface area contributed by atoms with Crippen LogP contribution in [0.4, 0.5) is 0 Å². The number of rotatable bonds is 5. The molecule has 0 radical (unpaired) electrons. The van der Waals surface area contributed by atoms with Crippen LogP contribution in [0.2, 0.25) is 0 Å². The molecule has 1 unspecified atom stereocenters. The Hall–Kier alpha value is -0.570. The van der Waals surface area contributed by atoms with Gasteiger partial charge in [0.2, 0.25) is 5.91 Å². The number of hydrogen-bond acceptors (Lipinski definition) is 2. The van der Waals surface area contributed by atoms with E-state index in [1.165, 1.54) is 0 Å². The zero-order chi connectivity index (χ0) is 12.1. The average molecular weight is 214 g/mol. The van der Waals surface area contributed by atoms with Crippen molar-refractivity contribution in [3.05, 3.63) is 0 Å². The van der Waals surface area contributed by atoms with Gasteiger partial charge in [-0.3, -0.25) is 4.79 Å². The largest absolute Gasteiger partial charge is 0.350 e. The van der Waals surface area contributed by atoms with Crippen LogP contribution in [0.3, 0.4) is 0 Å². The molecule has 1 amide bonds. The van der Waals surface area contributed by atoms with Crippen LogP contribution < -0.4 is 10.6 Å². The van der Waals surface area contributed by atoms with Gasteiger partial charge in [0, 0.05) is 11.6 Å². The van der Waals surface area contributed by atoms with Gasteiger partial charge in [-0.15, -0.1) is 0 Å². The minimum absolute atomic E-state index is 0.0709. The predicted octanol–water partition coefficient (Wildman–Crippen LogP) is 1.93. The molecule has 0 fully saturated rings. The van der Waals surface area contributed by atoms with E-state index in [4.69, 9.17) is 0 Å². The second-order valence-electron chi connectivity index (χ2n) is 5.44. The van der Waals surface area contributed by atoms with Gasteiger partial charge >= 0.3 is 0 Å². The van der Waals surface area contributed by atoms with Crippen molar-refractivity contribution in [2.45, 2.75) is 59.5 Å². The molecule has 0 aromatic heterocycles. The number of hydrogen-bond donors (Lipinski definition) is 2. The van der Waals surface area contributed by atoms with Gasteiger partial charge in [-0.1, -0.05) is 20.8 Å². The van der Waals surface area contributed by atoms with E-state index in [0.717, 1.165) is 6.42 Å². The molecular weight excluding hydrogens is 188 g/mol. The summed E-state index contributed by atoms with van der Waals surface area (Å²) < 4.78 is 0.